The van der Waals surface area contributed by atoms with Crippen LogP contribution in [0.15, 0.2) is 47.4 Å². The second-order valence-electron chi connectivity index (χ2n) is 5.96. The summed E-state index contributed by atoms with van der Waals surface area (Å²) in [6.07, 6.45) is 1.14. The number of hydrogen-bond acceptors (Lipinski definition) is 4. The van der Waals surface area contributed by atoms with E-state index < -0.39 is 40.3 Å². The zero-order valence-corrected chi connectivity index (χ0v) is 15.8. The maximum absolute atomic E-state index is 13.9. The van der Waals surface area contributed by atoms with E-state index in [9.17, 15) is 27.2 Å². The molecule has 6 nitrogen and oxygen atoms in total. The van der Waals surface area contributed by atoms with Gasteiger partial charge in [0.15, 0.2) is 5.82 Å². The van der Waals surface area contributed by atoms with Crippen molar-refractivity contribution in [3.8, 4) is 5.69 Å². The lowest BCUT2D eigenvalue weighted by atomic mass is 10.2. The number of aromatic nitrogens is 2. The normalized spacial score (nSPS) is 10.7. The van der Waals surface area contributed by atoms with Crippen LogP contribution in [0.4, 0.5) is 23.2 Å². The van der Waals surface area contributed by atoms with Crippen LogP contribution in [0.5, 0.6) is 0 Å². The number of hydrogen-bond donors (Lipinski definition) is 2. The lowest BCUT2D eigenvalue weighted by molar-refractivity contribution is 0.0946. The average Bonchev–Trinajstić information content (AvgIpc) is 2.69. The van der Waals surface area contributed by atoms with Crippen LogP contribution < -0.4 is 16.2 Å². The molecule has 30 heavy (non-hydrogen) atoms. The van der Waals surface area contributed by atoms with E-state index in [-0.39, 0.29) is 29.5 Å². The van der Waals surface area contributed by atoms with Crippen molar-refractivity contribution in [1.82, 2.24) is 15.1 Å². The van der Waals surface area contributed by atoms with Gasteiger partial charge in [0.05, 0.1) is 11.9 Å². The molecular weight excluding hydrogens is 428 g/mol. The maximum Gasteiger partial charge on any atom is 0.292 e. The summed E-state index contributed by atoms with van der Waals surface area (Å²) in [5.74, 6) is -4.75. The Bertz CT molecular complexity index is 1150. The molecule has 3 rings (SSSR count). The van der Waals surface area contributed by atoms with E-state index in [1.54, 1.807) is 0 Å². The Hall–Kier alpha value is -3.40. The van der Waals surface area contributed by atoms with Crippen molar-refractivity contribution in [2.75, 3.05) is 18.4 Å². The summed E-state index contributed by atoms with van der Waals surface area (Å²) in [5.41, 5.74) is -1.76. The zero-order valence-electron chi connectivity index (χ0n) is 15.1. The molecule has 0 spiro atoms. The summed E-state index contributed by atoms with van der Waals surface area (Å²) in [5, 5.41) is 8.52. The van der Waals surface area contributed by atoms with E-state index in [1.165, 1.54) is 0 Å². The number of rotatable bonds is 6. The standard InChI is InChI=1S/C19H13ClF4N4O2/c20-17-14(9-27-28(19(17)30)15-5-4-10(21)8-13(15)24)25-6-7-26-18(29)16-11(22)2-1-3-12(16)23/h1-5,8-9,25H,6-7H2,(H,26,29). The SMILES string of the molecule is O=C(NCCNc1cnn(-c2ccc(F)cc2F)c(=O)c1Cl)c1c(F)cccc1F. The fourth-order valence-corrected chi connectivity index (χ4v) is 2.75. The van der Waals surface area contributed by atoms with E-state index in [1.807, 2.05) is 0 Å². The lowest BCUT2D eigenvalue weighted by Gasteiger charge is -2.11. The Kier molecular flexibility index (Phi) is 6.36. The molecule has 0 aliphatic heterocycles. The number of anilines is 1. The Morgan fingerprint density at radius 2 is 1.73 bits per heavy atom. The third-order valence-corrected chi connectivity index (χ3v) is 4.34. The molecule has 0 bridgehead atoms. The molecule has 2 aromatic carbocycles. The highest BCUT2D eigenvalue weighted by Crippen LogP contribution is 2.18. The maximum atomic E-state index is 13.9. The van der Waals surface area contributed by atoms with Gasteiger partial charge in [0, 0.05) is 19.2 Å². The fourth-order valence-electron chi connectivity index (χ4n) is 2.56. The van der Waals surface area contributed by atoms with Crippen LogP contribution in [-0.4, -0.2) is 28.8 Å². The number of carbonyl (C=O) groups is 1. The minimum absolute atomic E-state index is 0.0393. The van der Waals surface area contributed by atoms with Crippen LogP contribution in [0.2, 0.25) is 5.02 Å². The van der Waals surface area contributed by atoms with Gasteiger partial charge in [-0.3, -0.25) is 9.59 Å². The lowest BCUT2D eigenvalue weighted by Crippen LogP contribution is -2.31. The molecule has 0 aliphatic rings. The number of benzene rings is 2. The summed E-state index contributed by atoms with van der Waals surface area (Å²) >= 11 is 5.99. The van der Waals surface area contributed by atoms with Gasteiger partial charge in [0.1, 0.15) is 33.7 Å². The van der Waals surface area contributed by atoms with Gasteiger partial charge in [-0.25, -0.2) is 17.6 Å². The van der Waals surface area contributed by atoms with Gasteiger partial charge in [0.25, 0.3) is 11.5 Å². The van der Waals surface area contributed by atoms with Gasteiger partial charge in [-0.15, -0.1) is 0 Å². The number of nitrogens with zero attached hydrogens (tertiary/aromatic N) is 2. The van der Waals surface area contributed by atoms with Gasteiger partial charge in [-0.2, -0.15) is 9.78 Å². The Morgan fingerprint density at radius 1 is 1.03 bits per heavy atom. The number of halogens is 5. The molecule has 1 heterocycles. The van der Waals surface area contributed by atoms with Crippen molar-refractivity contribution in [3.63, 3.8) is 0 Å². The largest absolute Gasteiger partial charge is 0.381 e. The van der Waals surface area contributed by atoms with E-state index in [0.29, 0.717) is 10.7 Å². The van der Waals surface area contributed by atoms with Crippen LogP contribution in [-0.2, 0) is 0 Å². The van der Waals surface area contributed by atoms with Crippen molar-refractivity contribution in [1.29, 1.82) is 0 Å². The average molecular weight is 441 g/mol. The summed E-state index contributed by atoms with van der Waals surface area (Å²) in [6, 6.07) is 5.66. The second kappa shape index (κ2) is 8.95. The van der Waals surface area contributed by atoms with Crippen molar-refractivity contribution < 1.29 is 22.4 Å². The topological polar surface area (TPSA) is 76.0 Å². The zero-order chi connectivity index (χ0) is 21.8. The van der Waals surface area contributed by atoms with Gasteiger partial charge in [-0.05, 0) is 24.3 Å². The van der Waals surface area contributed by atoms with E-state index in [4.69, 9.17) is 11.6 Å². The molecule has 3 aromatic rings. The van der Waals surface area contributed by atoms with Gasteiger partial charge in [0.2, 0.25) is 0 Å². The first-order valence-electron chi connectivity index (χ1n) is 8.49. The number of amides is 1. The van der Waals surface area contributed by atoms with Crippen molar-refractivity contribution in [2.24, 2.45) is 0 Å². The van der Waals surface area contributed by atoms with E-state index in [0.717, 1.165) is 36.5 Å². The molecule has 1 aromatic heterocycles. The van der Waals surface area contributed by atoms with Gasteiger partial charge < -0.3 is 10.6 Å². The minimum atomic E-state index is -0.996. The Balaban J connectivity index is 1.66. The van der Waals surface area contributed by atoms with Gasteiger partial charge in [-0.1, -0.05) is 17.7 Å². The molecule has 0 unspecified atom stereocenters. The van der Waals surface area contributed by atoms with Gasteiger partial charge >= 0.3 is 0 Å². The first kappa shape index (κ1) is 21.3. The Morgan fingerprint density at radius 3 is 2.40 bits per heavy atom. The third-order valence-electron chi connectivity index (χ3n) is 3.97. The van der Waals surface area contributed by atoms with Crippen LogP contribution >= 0.6 is 11.6 Å². The van der Waals surface area contributed by atoms with Crippen molar-refractivity contribution in [2.45, 2.75) is 0 Å². The number of nitrogens with one attached hydrogen (secondary N) is 2. The molecule has 1 amide bonds. The molecule has 156 valence electrons. The van der Waals surface area contributed by atoms with Crippen LogP contribution in [0.3, 0.4) is 0 Å². The summed E-state index contributed by atoms with van der Waals surface area (Å²) in [7, 11) is 0. The van der Waals surface area contributed by atoms with Crippen LogP contribution in [0.25, 0.3) is 5.69 Å². The molecule has 0 saturated heterocycles. The molecule has 0 radical (unpaired) electrons. The Labute approximate surface area is 172 Å². The smallest absolute Gasteiger partial charge is 0.292 e. The summed E-state index contributed by atoms with van der Waals surface area (Å²) in [4.78, 5) is 24.2. The predicted molar refractivity (Wildman–Crippen MR) is 102 cm³/mol. The molecule has 0 fully saturated rings. The summed E-state index contributed by atoms with van der Waals surface area (Å²) < 4.78 is 54.7. The monoisotopic (exact) mass is 440 g/mol. The fraction of sp³-hybridized carbons (Fsp3) is 0.105. The molecule has 0 aliphatic carbocycles. The molecule has 0 atom stereocenters. The molecule has 11 heteroatoms. The highest BCUT2D eigenvalue weighted by atomic mass is 35.5. The molecule has 2 N–H and O–H groups in total. The quantitative estimate of drug-likeness (QED) is 0.455. The predicted octanol–water partition coefficient (Wildman–Crippen LogP) is 3.28. The highest BCUT2D eigenvalue weighted by molar-refractivity contribution is 6.32. The highest BCUT2D eigenvalue weighted by Gasteiger charge is 2.17. The van der Waals surface area contributed by atoms with Crippen LogP contribution in [0, 0.1) is 23.3 Å². The van der Waals surface area contributed by atoms with E-state index >= 15 is 0 Å². The van der Waals surface area contributed by atoms with Crippen molar-refractivity contribution in [3.05, 3.63) is 86.8 Å². The second-order valence-corrected chi connectivity index (χ2v) is 6.34. The third kappa shape index (κ3) is 4.43. The number of carbonyl (C=O) groups excluding carboxylic acids is 1. The van der Waals surface area contributed by atoms with Crippen molar-refractivity contribution >= 4 is 23.2 Å². The minimum Gasteiger partial charge on any atom is -0.381 e. The van der Waals surface area contributed by atoms with E-state index in [2.05, 4.69) is 15.7 Å². The summed E-state index contributed by atoms with van der Waals surface area (Å²) in [6.45, 7) is -0.0177. The molecule has 0 saturated carbocycles. The van der Waals surface area contributed by atoms with Crippen LogP contribution in [0.1, 0.15) is 10.4 Å². The first-order valence-corrected chi connectivity index (χ1v) is 8.86. The first-order chi connectivity index (χ1) is 14.3. The molecular formula is C19H13ClF4N4O2.